The number of nitrogen functional groups attached to an aromatic ring is 1. The molecule has 1 aromatic rings. The summed E-state index contributed by atoms with van der Waals surface area (Å²) in [7, 11) is -6.12. The highest BCUT2D eigenvalue weighted by Crippen LogP contribution is 2.18. The standard InChI is InChI=1S/C8H13N3O4S2/c1-10-17(14,15)11(2)16(12,13)8-5-3-4-7(9)6-8/h3-6,10H,9H2,1-2H3. The number of nitrogens with one attached hydrogen (secondary N) is 1. The molecule has 0 aliphatic carbocycles. The average Bonchev–Trinajstić information content (AvgIpc) is 2.28. The Balaban J connectivity index is 3.31. The fraction of sp³-hybridized carbons (Fsp3) is 0.250. The van der Waals surface area contributed by atoms with Crippen LogP contribution in [0.3, 0.4) is 0 Å². The van der Waals surface area contributed by atoms with Crippen molar-refractivity contribution in [1.29, 1.82) is 0 Å². The lowest BCUT2D eigenvalue weighted by molar-refractivity contribution is 0.520. The molecule has 1 aromatic carbocycles. The zero-order chi connectivity index (χ0) is 13.3. The van der Waals surface area contributed by atoms with E-state index in [0.29, 0.717) is 0 Å². The number of nitrogens with two attached hydrogens (primary N) is 1. The molecule has 0 fully saturated rings. The molecule has 0 heterocycles. The largest absolute Gasteiger partial charge is 0.399 e. The number of anilines is 1. The molecule has 3 N–H and O–H groups in total. The number of hydrogen-bond acceptors (Lipinski definition) is 5. The number of hydrogen-bond donors (Lipinski definition) is 2. The van der Waals surface area contributed by atoms with Gasteiger partial charge >= 0.3 is 0 Å². The zero-order valence-corrected chi connectivity index (χ0v) is 10.9. The lowest BCUT2D eigenvalue weighted by atomic mass is 10.3. The van der Waals surface area contributed by atoms with E-state index in [9.17, 15) is 16.8 Å². The van der Waals surface area contributed by atoms with Crippen molar-refractivity contribution in [1.82, 2.24) is 8.43 Å². The van der Waals surface area contributed by atoms with Crippen molar-refractivity contribution in [2.24, 2.45) is 0 Å². The van der Waals surface area contributed by atoms with Crippen molar-refractivity contribution in [2.75, 3.05) is 19.8 Å². The van der Waals surface area contributed by atoms with Gasteiger partial charge in [-0.25, -0.2) is 13.1 Å². The van der Waals surface area contributed by atoms with Gasteiger partial charge in [0.2, 0.25) is 0 Å². The van der Waals surface area contributed by atoms with E-state index in [1.807, 2.05) is 4.72 Å². The second-order valence-electron chi connectivity index (χ2n) is 3.17. The van der Waals surface area contributed by atoms with Gasteiger partial charge in [0.05, 0.1) is 4.90 Å². The molecule has 1 rings (SSSR count). The maximum Gasteiger partial charge on any atom is 0.292 e. The minimum Gasteiger partial charge on any atom is -0.399 e. The van der Waals surface area contributed by atoms with Gasteiger partial charge in [0.25, 0.3) is 20.2 Å². The van der Waals surface area contributed by atoms with Gasteiger partial charge < -0.3 is 5.73 Å². The Morgan fingerprint density at radius 3 is 2.29 bits per heavy atom. The Morgan fingerprint density at radius 1 is 1.24 bits per heavy atom. The molecule has 0 radical (unpaired) electrons. The number of sulfonamides is 1. The molecule has 0 aliphatic rings. The van der Waals surface area contributed by atoms with Crippen LogP contribution in [0.25, 0.3) is 0 Å². The monoisotopic (exact) mass is 279 g/mol. The minimum atomic E-state index is -4.13. The van der Waals surface area contributed by atoms with E-state index in [0.717, 1.165) is 14.1 Å². The number of benzene rings is 1. The van der Waals surface area contributed by atoms with E-state index in [-0.39, 0.29) is 14.3 Å². The Bertz CT molecular complexity index is 609. The van der Waals surface area contributed by atoms with Crippen molar-refractivity contribution in [3.63, 3.8) is 0 Å². The predicted octanol–water partition coefficient (Wildman–Crippen LogP) is -0.646. The van der Waals surface area contributed by atoms with Crippen LogP contribution in [0.5, 0.6) is 0 Å². The van der Waals surface area contributed by atoms with Crippen LogP contribution in [0.15, 0.2) is 29.2 Å². The molecule has 0 bridgehead atoms. The third-order valence-electron chi connectivity index (χ3n) is 2.09. The van der Waals surface area contributed by atoms with Gasteiger partial charge in [-0.2, -0.15) is 8.42 Å². The van der Waals surface area contributed by atoms with E-state index in [1.165, 1.54) is 24.3 Å². The smallest absolute Gasteiger partial charge is 0.292 e. The molecule has 0 aromatic heterocycles. The van der Waals surface area contributed by atoms with Crippen LogP contribution in [0.2, 0.25) is 0 Å². The molecular weight excluding hydrogens is 266 g/mol. The predicted molar refractivity (Wildman–Crippen MR) is 63.8 cm³/mol. The van der Waals surface area contributed by atoms with Gasteiger partial charge in [-0.3, -0.25) is 0 Å². The highest BCUT2D eigenvalue weighted by molar-refractivity contribution is 8.03. The lowest BCUT2D eigenvalue weighted by Gasteiger charge is -2.16. The Kier molecular flexibility index (Phi) is 3.77. The Hall–Kier alpha value is -1.16. The normalized spacial score (nSPS) is 12.9. The number of rotatable bonds is 4. The molecule has 17 heavy (non-hydrogen) atoms. The summed E-state index contributed by atoms with van der Waals surface area (Å²) in [5.41, 5.74) is 5.69. The van der Waals surface area contributed by atoms with Crippen molar-refractivity contribution in [3.8, 4) is 0 Å². The fourth-order valence-electron chi connectivity index (χ4n) is 1.08. The second kappa shape index (κ2) is 4.61. The molecule has 0 saturated heterocycles. The van der Waals surface area contributed by atoms with Crippen molar-refractivity contribution in [2.45, 2.75) is 4.90 Å². The highest BCUT2D eigenvalue weighted by Gasteiger charge is 2.30. The zero-order valence-electron chi connectivity index (χ0n) is 9.28. The third-order valence-corrected chi connectivity index (χ3v) is 5.99. The third kappa shape index (κ3) is 2.75. The van der Waals surface area contributed by atoms with Crippen LogP contribution in [0, 0.1) is 0 Å². The summed E-state index contributed by atoms with van der Waals surface area (Å²) in [6, 6.07) is 5.40. The van der Waals surface area contributed by atoms with Gasteiger partial charge in [-0.05, 0) is 18.2 Å². The molecule has 0 atom stereocenters. The summed E-state index contributed by atoms with van der Waals surface area (Å²) in [4.78, 5) is -0.182. The molecule has 0 unspecified atom stereocenters. The van der Waals surface area contributed by atoms with Crippen LogP contribution in [0.4, 0.5) is 5.69 Å². The summed E-state index contributed by atoms with van der Waals surface area (Å²) >= 11 is 0. The van der Waals surface area contributed by atoms with Crippen LogP contribution in [-0.4, -0.2) is 34.6 Å². The first-order chi connectivity index (χ1) is 7.71. The molecule has 0 saturated carbocycles. The van der Waals surface area contributed by atoms with Crippen LogP contribution < -0.4 is 10.5 Å². The van der Waals surface area contributed by atoms with Crippen LogP contribution in [0.1, 0.15) is 0 Å². The van der Waals surface area contributed by atoms with Crippen LogP contribution in [-0.2, 0) is 20.2 Å². The van der Waals surface area contributed by atoms with E-state index in [1.54, 1.807) is 0 Å². The van der Waals surface area contributed by atoms with Gasteiger partial charge in [0.1, 0.15) is 0 Å². The molecule has 0 aliphatic heterocycles. The van der Waals surface area contributed by atoms with Gasteiger partial charge in [0, 0.05) is 19.8 Å². The number of nitrogens with zero attached hydrogens (tertiary/aromatic N) is 1. The fourth-order valence-corrected chi connectivity index (χ4v) is 3.69. The summed E-state index contributed by atoms with van der Waals surface area (Å²) in [5, 5.41) is 0. The van der Waals surface area contributed by atoms with E-state index in [2.05, 4.69) is 0 Å². The molecule has 96 valence electrons. The van der Waals surface area contributed by atoms with Crippen molar-refractivity contribution >= 4 is 25.9 Å². The van der Waals surface area contributed by atoms with Crippen LogP contribution >= 0.6 is 0 Å². The second-order valence-corrected chi connectivity index (χ2v) is 7.27. The first-order valence-electron chi connectivity index (χ1n) is 4.50. The molecule has 9 heteroatoms. The first kappa shape index (κ1) is 13.9. The van der Waals surface area contributed by atoms with E-state index < -0.39 is 20.2 Å². The van der Waals surface area contributed by atoms with Crippen molar-refractivity contribution < 1.29 is 16.8 Å². The minimum absolute atomic E-state index is 0.182. The summed E-state index contributed by atoms with van der Waals surface area (Å²) in [5.74, 6) is 0. The Morgan fingerprint density at radius 2 is 1.82 bits per heavy atom. The van der Waals surface area contributed by atoms with Gasteiger partial charge in [-0.1, -0.05) is 9.78 Å². The maximum atomic E-state index is 11.9. The van der Waals surface area contributed by atoms with Gasteiger partial charge in [-0.15, -0.1) is 0 Å². The summed E-state index contributed by atoms with van der Waals surface area (Å²) in [6.07, 6.45) is 0. The molecule has 0 spiro atoms. The summed E-state index contributed by atoms with van der Waals surface area (Å²) < 4.78 is 48.9. The lowest BCUT2D eigenvalue weighted by Crippen LogP contribution is -2.40. The maximum absolute atomic E-state index is 11.9. The van der Waals surface area contributed by atoms with Gasteiger partial charge in [0.15, 0.2) is 0 Å². The molecule has 0 amide bonds. The SMILES string of the molecule is CNS(=O)(=O)N(C)S(=O)(=O)c1cccc(N)c1. The quantitative estimate of drug-likeness (QED) is 0.712. The molecular formula is C8H13N3O4S2. The summed E-state index contributed by atoms with van der Waals surface area (Å²) in [6.45, 7) is 0. The topological polar surface area (TPSA) is 110 Å². The highest BCUT2D eigenvalue weighted by atomic mass is 32.3. The van der Waals surface area contributed by atoms with E-state index in [4.69, 9.17) is 5.73 Å². The van der Waals surface area contributed by atoms with Crippen molar-refractivity contribution in [3.05, 3.63) is 24.3 Å². The Labute approximate surface area is 100 Å². The molecule has 7 nitrogen and oxygen atoms in total. The first-order valence-corrected chi connectivity index (χ1v) is 7.38. The van der Waals surface area contributed by atoms with E-state index >= 15 is 0 Å². The average molecular weight is 279 g/mol.